The van der Waals surface area contributed by atoms with Gasteiger partial charge in [0.15, 0.2) is 34.9 Å². The summed E-state index contributed by atoms with van der Waals surface area (Å²) in [5.74, 6) is -0.348. The van der Waals surface area contributed by atoms with E-state index < -0.39 is 28.7 Å². The predicted octanol–water partition coefficient (Wildman–Crippen LogP) is 28.2. The van der Waals surface area contributed by atoms with Crippen molar-refractivity contribution in [2.24, 2.45) is 0 Å². The number of halogens is 4. The van der Waals surface area contributed by atoms with Gasteiger partial charge in [-0.05, 0) is 184 Å². The van der Waals surface area contributed by atoms with Crippen LogP contribution >= 0.6 is 0 Å². The van der Waals surface area contributed by atoms with Gasteiger partial charge in [0.1, 0.15) is 23.3 Å². The first-order chi connectivity index (χ1) is 60.4. The summed E-state index contributed by atoms with van der Waals surface area (Å²) in [6.45, 7) is 11.4. The quantitative estimate of drug-likeness (QED) is 0.0949. The molecule has 0 bridgehead atoms. The van der Waals surface area contributed by atoms with Crippen LogP contribution in [0, 0.1) is 23.3 Å². The van der Waals surface area contributed by atoms with Crippen LogP contribution in [0.4, 0.5) is 17.6 Å². The van der Waals surface area contributed by atoms with Gasteiger partial charge in [0.2, 0.25) is 0 Å². The number of hydrogen-bond acceptors (Lipinski definition) is 6. The Kier molecular flexibility index (Phi) is 17.7. The number of para-hydroxylation sites is 3. The highest BCUT2D eigenvalue weighted by Gasteiger charge is 2.29. The highest BCUT2D eigenvalue weighted by Crippen LogP contribution is 2.46. The molecule has 0 unspecified atom stereocenters. The van der Waals surface area contributed by atoms with E-state index in [1.165, 1.54) is 35.4 Å². The van der Waals surface area contributed by atoms with Crippen LogP contribution in [0.15, 0.2) is 358 Å². The molecule has 14 heteroatoms. The van der Waals surface area contributed by atoms with Gasteiger partial charge < -0.3 is 18.3 Å². The van der Waals surface area contributed by atoms with Gasteiger partial charge in [-0.25, -0.2) is 47.5 Å². The topological polar surface area (TPSA) is 97.1 Å². The summed E-state index contributed by atoms with van der Waals surface area (Å²) in [4.78, 5) is 31.0. The number of benzene rings is 16. The fourth-order valence-electron chi connectivity index (χ4n) is 18.5. The second-order valence-electron chi connectivity index (χ2n) is 33.8. The van der Waals surface area contributed by atoms with Crippen molar-refractivity contribution in [3.63, 3.8) is 0 Å². The molecule has 0 spiro atoms. The zero-order chi connectivity index (χ0) is 83.8. The van der Waals surface area contributed by atoms with Crippen LogP contribution in [0.3, 0.4) is 0 Å². The molecule has 0 aliphatic heterocycles. The maximum Gasteiger partial charge on any atom is 0.164 e. The van der Waals surface area contributed by atoms with E-state index >= 15 is 17.6 Å². The van der Waals surface area contributed by atoms with Crippen molar-refractivity contribution in [1.82, 2.24) is 48.2 Å². The second kappa shape index (κ2) is 29.4. The summed E-state index contributed by atoms with van der Waals surface area (Å²) in [5.41, 5.74) is 20.5. The molecule has 0 radical (unpaired) electrons. The van der Waals surface area contributed by atoms with E-state index in [2.05, 4.69) is 223 Å². The maximum atomic E-state index is 15.7. The molecule has 594 valence electrons. The third kappa shape index (κ3) is 13.0. The molecule has 124 heavy (non-hydrogen) atoms. The number of hydrogen-bond donors (Lipinski definition) is 0. The van der Waals surface area contributed by atoms with E-state index in [9.17, 15) is 0 Å². The first kappa shape index (κ1) is 74.7. The summed E-state index contributed by atoms with van der Waals surface area (Å²) < 4.78 is 71.7. The monoisotopic (exact) mass is 1610 g/mol. The maximum absolute atomic E-state index is 15.7. The lowest BCUT2D eigenvalue weighted by molar-refractivity contribution is 0.523. The summed E-state index contributed by atoms with van der Waals surface area (Å²) >= 11 is 0. The minimum atomic E-state index is -0.711. The summed E-state index contributed by atoms with van der Waals surface area (Å²) in [6.07, 6.45) is 0.705. The fourth-order valence-corrected chi connectivity index (χ4v) is 18.5. The number of rotatable bonds is 15. The molecule has 6 heterocycles. The Balaban J connectivity index is 0.686. The molecule has 22 rings (SSSR count). The molecule has 6 aromatic heterocycles. The summed E-state index contributed by atoms with van der Waals surface area (Å²) in [7, 11) is 0. The van der Waals surface area contributed by atoms with E-state index in [1.54, 1.807) is 0 Å². The third-order valence-electron chi connectivity index (χ3n) is 24.4. The zero-order valence-corrected chi connectivity index (χ0v) is 68.3. The van der Waals surface area contributed by atoms with E-state index in [0.29, 0.717) is 74.7 Å². The zero-order valence-electron chi connectivity index (χ0n) is 68.3. The lowest BCUT2D eigenvalue weighted by Gasteiger charge is -2.26. The molecule has 0 N–H and O–H groups in total. The molecule has 0 saturated heterocycles. The van der Waals surface area contributed by atoms with Crippen molar-refractivity contribution in [3.05, 3.63) is 398 Å². The van der Waals surface area contributed by atoms with Crippen molar-refractivity contribution < 1.29 is 17.6 Å². The molecule has 0 saturated carbocycles. The standard InChI is InChI=1S/C110H76F4N10/c1-109(2,3)73-39-50-99-91(57-73)92-58-74(40-51-100(92)121(99)79-41-45-83(71-53-75(111)59-76(112)54-71)93(61-79)107-117-103(67-24-10-6-11-25-67)115-104(118-107)68-26-12-7-13-27-68)110(4,5)65-66-38-49-98-90(52-66)87-34-20-23-37-97(87)123(98)82-44-48-89-88-47-43-81(122-95-35-21-18-32-85(95)86-33-19-22-36-96(86)122)63-101(88)124(102(89)64-82)80-42-46-84(72-55-77(113)60-78(114)56-72)94(62-80)108-119-105(69-28-14-8-15-29-69)116-106(120-108)70-30-16-9-17-31-70/h6-64H,65H2,1-5H3. The molecule has 0 atom stereocenters. The minimum absolute atomic E-state index is 0.176. The SMILES string of the molecule is CC(C)(C)c1ccc2c(c1)c1cc(C(C)(C)Cc3ccc4c(c3)c3ccccc3n4-c3ccc4c5ccc(-n6c7ccccc7c7ccccc76)cc5n(-c5ccc(-c6cc(F)cc(F)c6)c(-c6nc(-c7ccccc7)nc(-c7ccccc7)n6)c5)c4c3)ccc1n2-c1ccc(-c2cc(F)cc(F)c2)c(-c2nc(-c3ccccc3)nc(-c3ccccc3)n2)c1. The molecule has 0 aliphatic carbocycles. The average Bonchev–Trinajstić information content (AvgIpc) is 1.58. The van der Waals surface area contributed by atoms with Crippen LogP contribution in [-0.4, -0.2) is 48.2 Å². The largest absolute Gasteiger partial charge is 0.309 e. The molecule has 0 aliphatic rings. The van der Waals surface area contributed by atoms with Crippen LogP contribution in [0.2, 0.25) is 0 Å². The molecule has 22 aromatic rings. The first-order valence-corrected chi connectivity index (χ1v) is 41.6. The van der Waals surface area contributed by atoms with Gasteiger partial charge in [-0.15, -0.1) is 0 Å². The van der Waals surface area contributed by atoms with Gasteiger partial charge in [-0.1, -0.05) is 253 Å². The first-order valence-electron chi connectivity index (χ1n) is 41.6. The van der Waals surface area contributed by atoms with Crippen LogP contribution in [0.5, 0.6) is 0 Å². The fraction of sp³-hybridized carbons (Fsp3) is 0.0727. The Hall–Kier alpha value is -15.5. The van der Waals surface area contributed by atoms with Crippen LogP contribution in [0.25, 0.3) is 201 Å². The average molecular weight is 1610 g/mol. The van der Waals surface area contributed by atoms with Crippen LogP contribution in [0.1, 0.15) is 51.3 Å². The smallest absolute Gasteiger partial charge is 0.164 e. The Morgan fingerprint density at radius 3 is 0.911 bits per heavy atom. The molecule has 10 nitrogen and oxygen atoms in total. The number of fused-ring (bicyclic) bond motifs is 12. The van der Waals surface area contributed by atoms with E-state index in [4.69, 9.17) is 29.9 Å². The van der Waals surface area contributed by atoms with Crippen LogP contribution < -0.4 is 0 Å². The van der Waals surface area contributed by atoms with Gasteiger partial charge in [-0.3, -0.25) is 0 Å². The molecule has 16 aromatic carbocycles. The predicted molar refractivity (Wildman–Crippen MR) is 496 cm³/mol. The highest BCUT2D eigenvalue weighted by atomic mass is 19.1. The van der Waals surface area contributed by atoms with Gasteiger partial charge in [0, 0.05) is 111 Å². The van der Waals surface area contributed by atoms with Gasteiger partial charge in [-0.2, -0.15) is 0 Å². The van der Waals surface area contributed by atoms with E-state index in [1.807, 2.05) is 152 Å². The Bertz CT molecular complexity index is 7870. The van der Waals surface area contributed by atoms with Crippen molar-refractivity contribution in [1.29, 1.82) is 0 Å². The Labute approximate surface area is 711 Å². The van der Waals surface area contributed by atoms with E-state index in [-0.39, 0.29) is 5.41 Å². The number of aromatic nitrogens is 10. The molecule has 0 fully saturated rings. The van der Waals surface area contributed by atoms with Gasteiger partial charge in [0.25, 0.3) is 0 Å². The lowest BCUT2D eigenvalue weighted by atomic mass is 9.78. The third-order valence-corrected chi connectivity index (χ3v) is 24.4. The van der Waals surface area contributed by atoms with Gasteiger partial charge >= 0.3 is 0 Å². The lowest BCUT2D eigenvalue weighted by Crippen LogP contribution is -2.20. The summed E-state index contributed by atoms with van der Waals surface area (Å²) in [5, 5.41) is 8.72. The normalized spacial score (nSPS) is 12.1. The number of nitrogens with zero attached hydrogens (tertiary/aromatic N) is 10. The van der Waals surface area contributed by atoms with Crippen molar-refractivity contribution in [2.45, 2.75) is 51.9 Å². The molecular formula is C110H76F4N10. The van der Waals surface area contributed by atoms with Crippen molar-refractivity contribution in [2.75, 3.05) is 0 Å². The second-order valence-corrected chi connectivity index (χ2v) is 33.8. The summed E-state index contributed by atoms with van der Waals surface area (Å²) in [6, 6.07) is 118. The van der Waals surface area contributed by atoms with Gasteiger partial charge in [0.05, 0.1) is 44.1 Å². The van der Waals surface area contributed by atoms with Crippen LogP contribution in [-0.2, 0) is 17.3 Å². The Morgan fingerprint density at radius 2 is 0.516 bits per heavy atom. The molecular weight excluding hydrogens is 1540 g/mol. The van der Waals surface area contributed by atoms with E-state index in [0.717, 1.165) is 150 Å². The highest BCUT2D eigenvalue weighted by molar-refractivity contribution is 6.15. The minimum Gasteiger partial charge on any atom is -0.309 e. The van der Waals surface area contributed by atoms with Crippen molar-refractivity contribution in [3.8, 4) is 113 Å². The van der Waals surface area contributed by atoms with Crippen molar-refractivity contribution >= 4 is 87.2 Å². The Morgan fingerprint density at radius 1 is 0.218 bits per heavy atom. The molecule has 0 amide bonds.